The standard InChI is InChI=1S/C55H86ClN5O17/c1-14-40-55(10,71)46(65)31(6)49(66)59-27(2)24-53(8,70)47(78-52-44(64)39(60(11)12)21-28(3)73-52)29(4)45(30(5)51(69)75-40)77-42-25-54(9,72-13)48(32(7)74-42)76-41(62)17-18-57-19-20-58-37-22-34-38(23-36(37)56)61(33-15-16-33)26-35(43(34)63)50(67)68/h22-23,26-33,39-40,42,44-48,52,57-58,64-65,70-71H,14-21,24-25H2,1-13H3,(H,59,66)(H,67,68)/t27-,28-,29+,30-,31-,32+,39+,40-,42+,44-,45+,46-,47-,48+,52+,53-,54-,55-/m1/s1. The number of nitrogens with one attached hydrogen (secondary N) is 3. The third-order valence-corrected chi connectivity index (χ3v) is 16.6. The maximum absolute atomic E-state index is 14.5. The van der Waals surface area contributed by atoms with Crippen LogP contribution in [0.3, 0.4) is 0 Å². The lowest BCUT2D eigenvalue weighted by molar-refractivity contribution is -0.318. The van der Waals surface area contributed by atoms with E-state index in [1.165, 1.54) is 34.1 Å². The molecule has 440 valence electrons. The fourth-order valence-corrected chi connectivity index (χ4v) is 11.8. The summed E-state index contributed by atoms with van der Waals surface area (Å²) < 4.78 is 46.2. The summed E-state index contributed by atoms with van der Waals surface area (Å²) in [4.78, 5) is 68.5. The second-order valence-electron chi connectivity index (χ2n) is 23.1. The van der Waals surface area contributed by atoms with Gasteiger partial charge in [-0.1, -0.05) is 32.4 Å². The highest BCUT2D eigenvalue weighted by Crippen LogP contribution is 2.42. The van der Waals surface area contributed by atoms with Crippen LogP contribution in [-0.4, -0.2) is 190 Å². The lowest BCUT2D eigenvalue weighted by Gasteiger charge is -2.49. The van der Waals surface area contributed by atoms with Crippen LogP contribution in [0.15, 0.2) is 23.1 Å². The van der Waals surface area contributed by atoms with E-state index >= 15 is 0 Å². The quantitative estimate of drug-likeness (QED) is 0.0827. The number of rotatable bonds is 17. The van der Waals surface area contributed by atoms with Crippen LogP contribution in [0.25, 0.3) is 10.9 Å². The van der Waals surface area contributed by atoms with Crippen LogP contribution in [0.2, 0.25) is 5.02 Å². The number of methoxy groups -OCH3 is 1. The number of aliphatic hydroxyl groups is 4. The van der Waals surface area contributed by atoms with E-state index in [1.54, 1.807) is 58.2 Å². The lowest BCUT2D eigenvalue weighted by Crippen LogP contribution is -2.61. The number of carboxylic acid groups (broad SMARTS) is 1. The molecule has 2 aromatic rings. The first-order valence-electron chi connectivity index (χ1n) is 27.4. The predicted molar refractivity (Wildman–Crippen MR) is 288 cm³/mol. The van der Waals surface area contributed by atoms with Crippen molar-refractivity contribution < 1.29 is 77.9 Å². The van der Waals surface area contributed by atoms with Gasteiger partial charge in [0.25, 0.3) is 0 Å². The maximum atomic E-state index is 14.5. The minimum absolute atomic E-state index is 0.0160. The van der Waals surface area contributed by atoms with Crippen molar-refractivity contribution >= 4 is 52.0 Å². The number of carbonyl (C=O) groups excluding carboxylic acids is 3. The second kappa shape index (κ2) is 25.8. The summed E-state index contributed by atoms with van der Waals surface area (Å²) in [6, 6.07) is 2.23. The zero-order valence-electron chi connectivity index (χ0n) is 47.4. The maximum Gasteiger partial charge on any atom is 0.341 e. The number of ether oxygens (including phenoxy) is 7. The number of aromatic nitrogens is 1. The number of esters is 2. The Bertz CT molecular complexity index is 2490. The molecule has 3 saturated heterocycles. The van der Waals surface area contributed by atoms with Gasteiger partial charge in [0, 0.05) is 68.8 Å². The van der Waals surface area contributed by atoms with Crippen LogP contribution in [0.1, 0.15) is 131 Å². The number of nitrogens with zero attached hydrogens (tertiary/aromatic N) is 2. The minimum Gasteiger partial charge on any atom is -0.477 e. The topological polar surface area (TPSA) is 295 Å². The molecular formula is C55H86ClN5O17. The van der Waals surface area contributed by atoms with E-state index in [0.717, 1.165) is 12.8 Å². The molecule has 0 spiro atoms. The first-order valence-corrected chi connectivity index (χ1v) is 27.7. The Labute approximate surface area is 462 Å². The number of aliphatic hydroxyl groups excluding tert-OH is 2. The largest absolute Gasteiger partial charge is 0.477 e. The number of anilines is 1. The fourth-order valence-electron chi connectivity index (χ4n) is 11.6. The molecule has 0 unspecified atom stereocenters. The summed E-state index contributed by atoms with van der Waals surface area (Å²) in [6.45, 7) is 17.2. The van der Waals surface area contributed by atoms with Crippen LogP contribution in [-0.2, 0) is 47.5 Å². The number of hydrogen-bond donors (Lipinski definition) is 8. The third kappa shape index (κ3) is 14.3. The zero-order chi connectivity index (χ0) is 57.9. The van der Waals surface area contributed by atoms with Crippen molar-refractivity contribution in [2.75, 3.05) is 46.2 Å². The summed E-state index contributed by atoms with van der Waals surface area (Å²) in [5, 5.41) is 67.1. The predicted octanol–water partition coefficient (Wildman–Crippen LogP) is 3.73. The van der Waals surface area contributed by atoms with Gasteiger partial charge in [0.1, 0.15) is 29.0 Å². The highest BCUT2D eigenvalue weighted by Gasteiger charge is 2.54. The molecule has 0 bridgehead atoms. The van der Waals surface area contributed by atoms with Gasteiger partial charge >= 0.3 is 17.9 Å². The van der Waals surface area contributed by atoms with Crippen LogP contribution in [0.5, 0.6) is 0 Å². The molecule has 1 amide bonds. The van der Waals surface area contributed by atoms with Crippen molar-refractivity contribution in [1.29, 1.82) is 0 Å². The molecule has 18 atom stereocenters. The van der Waals surface area contributed by atoms with Gasteiger partial charge in [-0.15, -0.1) is 0 Å². The average molecular weight is 1120 g/mol. The van der Waals surface area contributed by atoms with Crippen molar-refractivity contribution in [3.63, 3.8) is 0 Å². The molecule has 0 radical (unpaired) electrons. The smallest absolute Gasteiger partial charge is 0.341 e. The van der Waals surface area contributed by atoms with Crippen molar-refractivity contribution in [3.05, 3.63) is 39.1 Å². The Morgan fingerprint density at radius 1 is 0.936 bits per heavy atom. The van der Waals surface area contributed by atoms with Crippen molar-refractivity contribution in [2.45, 2.75) is 211 Å². The molecule has 4 fully saturated rings. The Hall–Kier alpha value is -4.04. The number of likely N-dealkylation sites (N-methyl/N-ethyl adjacent to an activating group) is 1. The monoisotopic (exact) mass is 1120 g/mol. The van der Waals surface area contributed by atoms with Crippen LogP contribution in [0.4, 0.5) is 5.69 Å². The highest BCUT2D eigenvalue weighted by molar-refractivity contribution is 6.34. The van der Waals surface area contributed by atoms with E-state index in [1.807, 2.05) is 25.9 Å². The zero-order valence-corrected chi connectivity index (χ0v) is 48.2. The molecule has 6 rings (SSSR count). The molecule has 1 aromatic carbocycles. The summed E-state index contributed by atoms with van der Waals surface area (Å²) >= 11 is 6.63. The summed E-state index contributed by atoms with van der Waals surface area (Å²) in [7, 11) is 5.13. The number of pyridine rings is 1. The number of cyclic esters (lactones) is 1. The number of carboxylic acids is 1. The van der Waals surface area contributed by atoms with E-state index in [9.17, 15) is 49.5 Å². The molecular weight excluding hydrogens is 1040 g/mol. The normalized spacial score (nSPS) is 37.5. The Morgan fingerprint density at radius 3 is 2.23 bits per heavy atom. The number of hydrogen-bond acceptors (Lipinski definition) is 19. The van der Waals surface area contributed by atoms with Crippen LogP contribution < -0.4 is 21.4 Å². The van der Waals surface area contributed by atoms with Crippen LogP contribution in [0, 0.1) is 17.8 Å². The van der Waals surface area contributed by atoms with E-state index in [4.69, 9.17) is 44.8 Å². The van der Waals surface area contributed by atoms with Gasteiger partial charge in [0.05, 0.1) is 70.6 Å². The molecule has 4 aliphatic rings. The van der Waals surface area contributed by atoms with Gasteiger partial charge in [-0.05, 0) is 107 Å². The van der Waals surface area contributed by atoms with Crippen molar-refractivity contribution in [2.24, 2.45) is 17.8 Å². The second-order valence-corrected chi connectivity index (χ2v) is 23.5. The van der Waals surface area contributed by atoms with Gasteiger partial charge in [-0.2, -0.15) is 0 Å². The van der Waals surface area contributed by atoms with Gasteiger partial charge < -0.3 is 84.1 Å². The van der Waals surface area contributed by atoms with Crippen molar-refractivity contribution in [3.8, 4) is 0 Å². The lowest BCUT2D eigenvalue weighted by atomic mass is 9.78. The number of aromatic carboxylic acids is 1. The van der Waals surface area contributed by atoms with E-state index in [0.29, 0.717) is 35.7 Å². The number of amides is 1. The van der Waals surface area contributed by atoms with Gasteiger partial charge in [0.2, 0.25) is 11.3 Å². The first-order chi connectivity index (χ1) is 36.5. The molecule has 23 heteroatoms. The molecule has 1 aromatic heterocycles. The number of fused-ring (bicyclic) bond motifs is 1. The Balaban J connectivity index is 1.18. The number of carbonyl (C=O) groups is 4. The molecule has 4 heterocycles. The summed E-state index contributed by atoms with van der Waals surface area (Å²) in [5.41, 5.74) is -5.01. The van der Waals surface area contributed by atoms with Gasteiger partial charge in [0.15, 0.2) is 18.7 Å². The SMILES string of the molecule is CC[C@H]1OC(=O)[C@H](C)[C@@H](O[C@H]2C[C@@](C)(OC)[C@@H](OC(=O)CCNCCNc3cc4c(=O)c(C(=O)O)cn(C5CC5)c4cc3Cl)[C@H](C)O2)[C@H](C)[C@@H](O[C@@H]2O[C@H](C)C[C@H](N(C)C)[C@H]2O)[C@](C)(O)C[C@@H](C)NC(=O)[C@H](C)[C@@H](O)[C@]1(C)O. The first kappa shape index (κ1) is 63.1. The molecule has 1 aliphatic carbocycles. The highest BCUT2D eigenvalue weighted by atomic mass is 35.5. The fraction of sp³-hybridized carbons (Fsp3) is 0.764. The molecule has 1 saturated carbocycles. The van der Waals surface area contributed by atoms with Crippen LogP contribution >= 0.6 is 11.6 Å². The molecule has 78 heavy (non-hydrogen) atoms. The Kier molecular flexibility index (Phi) is 20.9. The Morgan fingerprint density at radius 2 is 1.62 bits per heavy atom. The molecule has 22 nitrogen and oxygen atoms in total. The van der Waals surface area contributed by atoms with Crippen molar-refractivity contribution in [1.82, 2.24) is 20.1 Å². The third-order valence-electron chi connectivity index (χ3n) is 16.3. The van der Waals surface area contributed by atoms with Gasteiger partial charge in [-0.25, -0.2) is 4.79 Å². The molecule has 8 N–H and O–H groups in total. The number of benzene rings is 1. The summed E-state index contributed by atoms with van der Waals surface area (Å²) in [6.07, 6.45) is -7.59. The van der Waals surface area contributed by atoms with E-state index in [2.05, 4.69) is 16.0 Å². The number of halogens is 1. The molecule has 3 aliphatic heterocycles. The van der Waals surface area contributed by atoms with Gasteiger partial charge in [-0.3, -0.25) is 19.2 Å². The average Bonchev–Trinajstić information content (AvgIpc) is 4.28. The summed E-state index contributed by atoms with van der Waals surface area (Å²) in [5.74, 6) is -6.59. The van der Waals surface area contributed by atoms with E-state index in [-0.39, 0.29) is 61.4 Å². The minimum atomic E-state index is -2.09. The van der Waals surface area contributed by atoms with E-state index < -0.39 is 125 Å².